The summed E-state index contributed by atoms with van der Waals surface area (Å²) in [6.07, 6.45) is 0. The Balaban J connectivity index is 1.81. The lowest BCUT2D eigenvalue weighted by Crippen LogP contribution is -2.44. The maximum Gasteiger partial charge on any atom is 0.124 e. The summed E-state index contributed by atoms with van der Waals surface area (Å²) in [4.78, 5) is 2.43. The number of benzene rings is 1. The third-order valence-electron chi connectivity index (χ3n) is 3.53. The molecule has 1 aliphatic rings. The van der Waals surface area contributed by atoms with Crippen LogP contribution in [0.15, 0.2) is 18.2 Å². The molecule has 0 radical (unpaired) electrons. The van der Waals surface area contributed by atoms with E-state index in [1.807, 2.05) is 18.2 Å². The highest BCUT2D eigenvalue weighted by molar-refractivity contribution is 6.30. The van der Waals surface area contributed by atoms with Crippen LogP contribution in [-0.2, 0) is 11.3 Å². The molecule has 0 aromatic heterocycles. The number of hydrogen-bond donors (Lipinski definition) is 1. The molecule has 112 valence electrons. The van der Waals surface area contributed by atoms with E-state index in [2.05, 4.69) is 17.1 Å². The molecule has 1 aromatic rings. The van der Waals surface area contributed by atoms with Crippen LogP contribution in [0.4, 0.5) is 0 Å². The van der Waals surface area contributed by atoms with E-state index in [9.17, 15) is 0 Å². The molecule has 1 fully saturated rings. The Labute approximate surface area is 126 Å². The highest BCUT2D eigenvalue weighted by Gasteiger charge is 2.13. The van der Waals surface area contributed by atoms with Gasteiger partial charge in [0.15, 0.2) is 0 Å². The molecule has 0 amide bonds. The normalized spacial score (nSPS) is 17.9. The number of halogens is 1. The molecular weight excluding hydrogens is 276 g/mol. The molecule has 0 bridgehead atoms. The van der Waals surface area contributed by atoms with Crippen molar-refractivity contribution in [2.24, 2.45) is 0 Å². The molecule has 1 aromatic carbocycles. The lowest BCUT2D eigenvalue weighted by molar-refractivity contribution is 0.0343. The van der Waals surface area contributed by atoms with Gasteiger partial charge in [-0.3, -0.25) is 4.90 Å². The largest absolute Gasteiger partial charge is 0.496 e. The molecule has 1 saturated heterocycles. The first-order chi connectivity index (χ1) is 9.69. The third-order valence-corrected chi connectivity index (χ3v) is 3.76. The molecule has 0 spiro atoms. The maximum atomic E-state index is 5.97. The number of nitrogens with one attached hydrogen (secondary N) is 1. The van der Waals surface area contributed by atoms with E-state index in [0.29, 0.717) is 11.1 Å². The van der Waals surface area contributed by atoms with Crippen LogP contribution < -0.4 is 10.1 Å². The van der Waals surface area contributed by atoms with Crippen LogP contribution in [0.1, 0.15) is 12.5 Å². The second kappa shape index (κ2) is 7.84. The molecule has 20 heavy (non-hydrogen) atoms. The molecular formula is C15H23ClN2O2. The summed E-state index contributed by atoms with van der Waals surface area (Å²) in [5, 5.41) is 4.24. The number of nitrogens with zero attached hydrogens (tertiary/aromatic N) is 1. The van der Waals surface area contributed by atoms with Gasteiger partial charge in [-0.1, -0.05) is 17.7 Å². The van der Waals surface area contributed by atoms with E-state index in [4.69, 9.17) is 21.1 Å². The molecule has 1 atom stereocenters. The summed E-state index contributed by atoms with van der Waals surface area (Å²) in [5.74, 6) is 0.837. The Morgan fingerprint density at radius 1 is 1.40 bits per heavy atom. The summed E-state index contributed by atoms with van der Waals surface area (Å²) in [7, 11) is 1.67. The van der Waals surface area contributed by atoms with Gasteiger partial charge < -0.3 is 14.8 Å². The van der Waals surface area contributed by atoms with Gasteiger partial charge in [-0.05, 0) is 19.1 Å². The minimum atomic E-state index is 0.425. The molecule has 1 unspecified atom stereocenters. The number of methoxy groups -OCH3 is 1. The van der Waals surface area contributed by atoms with Crippen molar-refractivity contribution in [3.8, 4) is 5.75 Å². The summed E-state index contributed by atoms with van der Waals surface area (Å²) in [5.41, 5.74) is 1.13. The fourth-order valence-electron chi connectivity index (χ4n) is 2.38. The Bertz CT molecular complexity index is 422. The second-order valence-electron chi connectivity index (χ2n) is 5.15. The molecule has 1 aliphatic heterocycles. The Kier molecular flexibility index (Phi) is 6.10. The number of hydrogen-bond acceptors (Lipinski definition) is 4. The second-order valence-corrected chi connectivity index (χ2v) is 5.59. The van der Waals surface area contributed by atoms with Crippen molar-refractivity contribution < 1.29 is 9.47 Å². The van der Waals surface area contributed by atoms with Crippen molar-refractivity contribution >= 4 is 11.6 Å². The van der Waals surface area contributed by atoms with Gasteiger partial charge in [0.05, 0.1) is 20.3 Å². The predicted molar refractivity (Wildman–Crippen MR) is 81.6 cm³/mol. The summed E-state index contributed by atoms with van der Waals surface area (Å²) >= 11 is 5.97. The molecule has 2 rings (SSSR count). The van der Waals surface area contributed by atoms with Crippen molar-refractivity contribution in [3.05, 3.63) is 28.8 Å². The highest BCUT2D eigenvalue weighted by Crippen LogP contribution is 2.22. The Morgan fingerprint density at radius 3 is 2.85 bits per heavy atom. The first kappa shape index (κ1) is 15.6. The molecule has 5 heteroatoms. The fraction of sp³-hybridized carbons (Fsp3) is 0.600. The van der Waals surface area contributed by atoms with Crippen LogP contribution >= 0.6 is 11.6 Å². The van der Waals surface area contributed by atoms with Crippen molar-refractivity contribution in [3.63, 3.8) is 0 Å². The molecule has 1 heterocycles. The van der Waals surface area contributed by atoms with E-state index in [0.717, 1.165) is 50.7 Å². The van der Waals surface area contributed by atoms with Crippen LogP contribution in [-0.4, -0.2) is 50.9 Å². The molecule has 4 nitrogen and oxygen atoms in total. The van der Waals surface area contributed by atoms with Crippen LogP contribution in [0, 0.1) is 0 Å². The van der Waals surface area contributed by atoms with Crippen molar-refractivity contribution in [2.45, 2.75) is 19.5 Å². The summed E-state index contributed by atoms with van der Waals surface area (Å²) in [6.45, 7) is 7.77. The fourth-order valence-corrected chi connectivity index (χ4v) is 2.55. The van der Waals surface area contributed by atoms with E-state index in [-0.39, 0.29) is 0 Å². The topological polar surface area (TPSA) is 33.7 Å². The highest BCUT2D eigenvalue weighted by atomic mass is 35.5. The third kappa shape index (κ3) is 4.63. The Morgan fingerprint density at radius 2 is 2.15 bits per heavy atom. The summed E-state index contributed by atoms with van der Waals surface area (Å²) < 4.78 is 10.7. The van der Waals surface area contributed by atoms with Gasteiger partial charge in [0, 0.05) is 42.8 Å². The van der Waals surface area contributed by atoms with E-state index >= 15 is 0 Å². The molecule has 1 N–H and O–H groups in total. The van der Waals surface area contributed by atoms with E-state index in [1.54, 1.807) is 7.11 Å². The quantitative estimate of drug-likeness (QED) is 0.873. The van der Waals surface area contributed by atoms with E-state index < -0.39 is 0 Å². The van der Waals surface area contributed by atoms with Gasteiger partial charge in [-0.15, -0.1) is 0 Å². The smallest absolute Gasteiger partial charge is 0.124 e. The lowest BCUT2D eigenvalue weighted by Gasteiger charge is -2.29. The average molecular weight is 299 g/mol. The average Bonchev–Trinajstić information content (AvgIpc) is 2.47. The van der Waals surface area contributed by atoms with Gasteiger partial charge in [-0.2, -0.15) is 0 Å². The number of morpholine rings is 1. The lowest BCUT2D eigenvalue weighted by atomic mass is 10.2. The molecule has 0 saturated carbocycles. The summed E-state index contributed by atoms with van der Waals surface area (Å²) in [6, 6.07) is 6.18. The van der Waals surface area contributed by atoms with Crippen molar-refractivity contribution in [1.82, 2.24) is 10.2 Å². The Hall–Kier alpha value is -0.810. The first-order valence-corrected chi connectivity index (χ1v) is 7.42. The van der Waals surface area contributed by atoms with Crippen LogP contribution in [0.5, 0.6) is 5.75 Å². The van der Waals surface area contributed by atoms with Crippen molar-refractivity contribution in [2.75, 3.05) is 40.0 Å². The first-order valence-electron chi connectivity index (χ1n) is 7.05. The minimum absolute atomic E-state index is 0.425. The monoisotopic (exact) mass is 298 g/mol. The standard InChI is InChI=1S/C15H23ClN2O2/c1-12(11-18-5-7-20-8-6-18)17-10-13-3-4-14(16)9-15(13)19-2/h3-4,9,12,17H,5-8,10-11H2,1-2H3. The van der Waals surface area contributed by atoms with Gasteiger partial charge in [0.1, 0.15) is 5.75 Å². The number of rotatable bonds is 6. The van der Waals surface area contributed by atoms with Gasteiger partial charge in [0.2, 0.25) is 0 Å². The van der Waals surface area contributed by atoms with Crippen LogP contribution in [0.2, 0.25) is 5.02 Å². The maximum absolute atomic E-state index is 5.97. The predicted octanol–water partition coefficient (Wildman–Crippen LogP) is 2.16. The van der Waals surface area contributed by atoms with Crippen LogP contribution in [0.25, 0.3) is 0 Å². The zero-order valence-corrected chi connectivity index (χ0v) is 12.9. The minimum Gasteiger partial charge on any atom is -0.496 e. The SMILES string of the molecule is COc1cc(Cl)ccc1CNC(C)CN1CCOCC1. The van der Waals surface area contributed by atoms with Crippen LogP contribution in [0.3, 0.4) is 0 Å². The zero-order chi connectivity index (χ0) is 14.4. The van der Waals surface area contributed by atoms with Gasteiger partial charge >= 0.3 is 0 Å². The van der Waals surface area contributed by atoms with E-state index in [1.165, 1.54) is 0 Å². The number of ether oxygens (including phenoxy) is 2. The zero-order valence-electron chi connectivity index (χ0n) is 12.2. The van der Waals surface area contributed by atoms with Gasteiger partial charge in [0.25, 0.3) is 0 Å². The molecule has 0 aliphatic carbocycles. The van der Waals surface area contributed by atoms with Gasteiger partial charge in [-0.25, -0.2) is 0 Å². The van der Waals surface area contributed by atoms with Crippen molar-refractivity contribution in [1.29, 1.82) is 0 Å².